The van der Waals surface area contributed by atoms with Crippen LogP contribution >= 0.6 is 0 Å². The maximum absolute atomic E-state index is 12.9. The number of esters is 3. The van der Waals surface area contributed by atoms with Crippen LogP contribution in [0, 0.1) is 0 Å². The molecule has 1 unspecified atom stereocenters. The highest BCUT2D eigenvalue weighted by Crippen LogP contribution is 2.15. The predicted molar refractivity (Wildman–Crippen MR) is 357 cm³/mol. The summed E-state index contributed by atoms with van der Waals surface area (Å²) in [5.41, 5.74) is 0. The lowest BCUT2D eigenvalue weighted by Crippen LogP contribution is -2.30. The summed E-state index contributed by atoms with van der Waals surface area (Å²) < 4.78 is 16.9. The Morgan fingerprint density at radius 2 is 0.488 bits per heavy atom. The second-order valence-electron chi connectivity index (χ2n) is 22.0. The first kappa shape index (κ1) is 77.3. The van der Waals surface area contributed by atoms with Gasteiger partial charge in [-0.25, -0.2) is 0 Å². The van der Waals surface area contributed by atoms with E-state index in [1.165, 1.54) is 135 Å². The van der Waals surface area contributed by atoms with Crippen LogP contribution in [0.15, 0.2) is 146 Å². The van der Waals surface area contributed by atoms with E-state index in [1.54, 1.807) is 0 Å². The molecular weight excluding hydrogens is 1010 g/mol. The van der Waals surface area contributed by atoms with Crippen molar-refractivity contribution >= 4 is 17.9 Å². The molecular formula is C76H124O6. The topological polar surface area (TPSA) is 78.9 Å². The zero-order chi connectivity index (χ0) is 59.2. The normalized spacial score (nSPS) is 13.1. The minimum atomic E-state index is -0.815. The Labute approximate surface area is 506 Å². The van der Waals surface area contributed by atoms with Gasteiger partial charge in [0.05, 0.1) is 0 Å². The van der Waals surface area contributed by atoms with Gasteiger partial charge in [-0.1, -0.05) is 282 Å². The van der Waals surface area contributed by atoms with Crippen LogP contribution in [0.4, 0.5) is 0 Å². The summed E-state index contributed by atoms with van der Waals surface area (Å²) in [5.74, 6) is -0.976. The van der Waals surface area contributed by atoms with Crippen LogP contribution in [0.3, 0.4) is 0 Å². The SMILES string of the molecule is CC/C=C\C/C=C\C/C=C\C/C=C\C/C=C\C/C=C\C/C=C\C/C=C\C/C=C\CCCC(=O)OCC(COC(=O)CCCCCCCCC/C=C\CCCCCCCC)OC(=O)CCCCCCCCC/C=C\C/C=C\CCCCCC. The zero-order valence-corrected chi connectivity index (χ0v) is 53.2. The third-order valence-electron chi connectivity index (χ3n) is 14.0. The number of allylic oxidation sites excluding steroid dienone is 24. The van der Waals surface area contributed by atoms with E-state index in [0.717, 1.165) is 116 Å². The molecule has 0 rings (SSSR count). The van der Waals surface area contributed by atoms with Crippen molar-refractivity contribution < 1.29 is 28.6 Å². The molecule has 464 valence electrons. The van der Waals surface area contributed by atoms with E-state index >= 15 is 0 Å². The van der Waals surface area contributed by atoms with E-state index in [-0.39, 0.29) is 37.5 Å². The van der Waals surface area contributed by atoms with Crippen LogP contribution in [-0.4, -0.2) is 37.2 Å². The Bertz CT molecular complexity index is 1780. The lowest BCUT2D eigenvalue weighted by atomic mass is 10.1. The van der Waals surface area contributed by atoms with E-state index in [4.69, 9.17) is 14.2 Å². The van der Waals surface area contributed by atoms with Crippen molar-refractivity contribution in [3.8, 4) is 0 Å². The largest absolute Gasteiger partial charge is 0.462 e. The molecule has 0 aromatic rings. The highest BCUT2D eigenvalue weighted by Gasteiger charge is 2.19. The molecule has 1 atom stereocenters. The monoisotopic (exact) mass is 1130 g/mol. The first-order valence-electron chi connectivity index (χ1n) is 33.8. The van der Waals surface area contributed by atoms with Crippen LogP contribution in [0.25, 0.3) is 0 Å². The number of ether oxygens (including phenoxy) is 3. The summed E-state index contributed by atoms with van der Waals surface area (Å²) in [5, 5.41) is 0. The molecule has 0 aliphatic rings. The molecule has 0 spiro atoms. The highest BCUT2D eigenvalue weighted by molar-refractivity contribution is 5.71. The summed E-state index contributed by atoms with van der Waals surface area (Å²) in [6.07, 6.45) is 98.6. The standard InChI is InChI=1S/C76H124O6/c1-4-7-10-13-16-19-22-25-28-31-33-34-35-36-37-38-39-40-41-42-43-46-48-51-54-57-60-63-66-69-75(78)81-72-73(71-80-74(77)68-65-62-59-56-53-50-47-44-30-27-24-21-18-15-12-9-6-3)82-76(79)70-67-64-61-58-55-52-49-45-32-29-26-23-20-17-14-11-8-5-2/h7,10,16,19-20,23,25,27-30,32-34,36-37,39-40,42-43,48,51,57,60,73H,4-6,8-9,11-15,17-18,21-22,24,26,31,35,38,41,44-47,49-50,52-56,58-59,61-72H2,1-3H3/b10-7-,19-16-,23-20-,28-25-,30-27-,32-29-,34-33-,37-36-,40-39-,43-42-,51-48-,60-57-. The number of hydrogen-bond acceptors (Lipinski definition) is 6. The second-order valence-corrected chi connectivity index (χ2v) is 22.0. The van der Waals surface area contributed by atoms with E-state index in [0.29, 0.717) is 19.3 Å². The third-order valence-corrected chi connectivity index (χ3v) is 14.0. The Hall–Kier alpha value is -4.71. The fourth-order valence-electron chi connectivity index (χ4n) is 9.00. The maximum atomic E-state index is 12.9. The quantitative estimate of drug-likeness (QED) is 0.0261. The molecule has 0 N–H and O–H groups in total. The molecule has 0 radical (unpaired) electrons. The average molecular weight is 1130 g/mol. The van der Waals surface area contributed by atoms with Gasteiger partial charge in [0.1, 0.15) is 13.2 Å². The van der Waals surface area contributed by atoms with Gasteiger partial charge < -0.3 is 14.2 Å². The van der Waals surface area contributed by atoms with Gasteiger partial charge >= 0.3 is 17.9 Å². The minimum Gasteiger partial charge on any atom is -0.462 e. The fourth-order valence-corrected chi connectivity index (χ4v) is 9.00. The van der Waals surface area contributed by atoms with Gasteiger partial charge in [-0.3, -0.25) is 14.4 Å². The molecule has 0 saturated carbocycles. The number of unbranched alkanes of at least 4 members (excludes halogenated alkanes) is 25. The second kappa shape index (κ2) is 68.8. The summed E-state index contributed by atoms with van der Waals surface area (Å²) in [6, 6.07) is 0. The average Bonchev–Trinajstić information content (AvgIpc) is 3.47. The molecule has 0 amide bonds. The Kier molecular flexibility index (Phi) is 64.8. The molecule has 6 nitrogen and oxygen atoms in total. The Morgan fingerprint density at radius 1 is 0.256 bits per heavy atom. The van der Waals surface area contributed by atoms with Gasteiger partial charge in [0.2, 0.25) is 0 Å². The van der Waals surface area contributed by atoms with Gasteiger partial charge in [0, 0.05) is 19.3 Å². The van der Waals surface area contributed by atoms with Gasteiger partial charge in [-0.15, -0.1) is 0 Å². The van der Waals surface area contributed by atoms with Crippen molar-refractivity contribution in [2.24, 2.45) is 0 Å². The molecule has 0 aliphatic carbocycles. The summed E-state index contributed by atoms with van der Waals surface area (Å²) in [6.45, 7) is 6.46. The van der Waals surface area contributed by atoms with Crippen molar-refractivity contribution in [3.05, 3.63) is 146 Å². The smallest absolute Gasteiger partial charge is 0.306 e. The number of hydrogen-bond donors (Lipinski definition) is 0. The van der Waals surface area contributed by atoms with Gasteiger partial charge in [0.15, 0.2) is 6.10 Å². The predicted octanol–water partition coefficient (Wildman–Crippen LogP) is 23.5. The third kappa shape index (κ3) is 66.1. The molecule has 0 fully saturated rings. The highest BCUT2D eigenvalue weighted by atomic mass is 16.6. The maximum Gasteiger partial charge on any atom is 0.306 e. The van der Waals surface area contributed by atoms with E-state index in [1.807, 2.05) is 0 Å². The van der Waals surface area contributed by atoms with E-state index in [9.17, 15) is 14.4 Å². The lowest BCUT2D eigenvalue weighted by molar-refractivity contribution is -0.167. The fraction of sp³-hybridized carbons (Fsp3) is 0.645. The van der Waals surface area contributed by atoms with Crippen LogP contribution < -0.4 is 0 Å². The first-order chi connectivity index (χ1) is 40.5. The van der Waals surface area contributed by atoms with Crippen molar-refractivity contribution in [3.63, 3.8) is 0 Å². The molecule has 0 heterocycles. The van der Waals surface area contributed by atoms with Crippen LogP contribution in [0.5, 0.6) is 0 Å². The Morgan fingerprint density at radius 3 is 0.817 bits per heavy atom. The van der Waals surface area contributed by atoms with E-state index in [2.05, 4.69) is 167 Å². The van der Waals surface area contributed by atoms with Crippen molar-refractivity contribution in [2.75, 3.05) is 13.2 Å². The minimum absolute atomic E-state index is 0.105. The van der Waals surface area contributed by atoms with Crippen molar-refractivity contribution in [2.45, 2.75) is 303 Å². The van der Waals surface area contributed by atoms with Crippen LogP contribution in [-0.2, 0) is 28.6 Å². The summed E-state index contributed by atoms with van der Waals surface area (Å²) in [7, 11) is 0. The van der Waals surface area contributed by atoms with Crippen LogP contribution in [0.2, 0.25) is 0 Å². The molecule has 0 saturated heterocycles. The molecule has 6 heteroatoms. The molecule has 0 bridgehead atoms. The summed E-state index contributed by atoms with van der Waals surface area (Å²) >= 11 is 0. The van der Waals surface area contributed by atoms with E-state index < -0.39 is 6.10 Å². The van der Waals surface area contributed by atoms with Gasteiger partial charge in [-0.2, -0.15) is 0 Å². The summed E-state index contributed by atoms with van der Waals surface area (Å²) in [4.78, 5) is 38.4. The molecule has 0 aromatic heterocycles. The lowest BCUT2D eigenvalue weighted by Gasteiger charge is -2.18. The number of carbonyl (C=O) groups is 3. The number of rotatable bonds is 60. The van der Waals surface area contributed by atoms with Gasteiger partial charge in [-0.05, 0) is 141 Å². The zero-order valence-electron chi connectivity index (χ0n) is 53.2. The van der Waals surface area contributed by atoms with Crippen LogP contribution in [0.1, 0.15) is 297 Å². The molecule has 82 heavy (non-hydrogen) atoms. The first-order valence-corrected chi connectivity index (χ1v) is 33.8. The molecule has 0 aliphatic heterocycles. The number of carbonyl (C=O) groups excluding carboxylic acids is 3. The van der Waals surface area contributed by atoms with Gasteiger partial charge in [0.25, 0.3) is 0 Å². The van der Waals surface area contributed by atoms with Crippen molar-refractivity contribution in [1.82, 2.24) is 0 Å². The van der Waals surface area contributed by atoms with Crippen molar-refractivity contribution in [1.29, 1.82) is 0 Å². The Balaban J connectivity index is 4.49. The molecule has 0 aromatic carbocycles.